The normalized spacial score (nSPS) is 21.2. The fourth-order valence-corrected chi connectivity index (χ4v) is 2.96. The minimum atomic E-state index is -0.790. The first-order chi connectivity index (χ1) is 9.97. The van der Waals surface area contributed by atoms with Crippen molar-refractivity contribution in [1.82, 2.24) is 4.90 Å². The van der Waals surface area contributed by atoms with Crippen molar-refractivity contribution in [3.8, 4) is 0 Å². The zero-order chi connectivity index (χ0) is 15.4. The van der Waals surface area contributed by atoms with Gasteiger partial charge in [-0.1, -0.05) is 12.5 Å². The topological polar surface area (TPSA) is 66.6 Å². The Morgan fingerprint density at radius 1 is 1.52 bits per heavy atom. The van der Waals surface area contributed by atoms with Crippen LogP contribution in [0.15, 0.2) is 18.2 Å². The number of rotatable bonds is 5. The van der Waals surface area contributed by atoms with E-state index in [1.165, 1.54) is 12.1 Å². The van der Waals surface area contributed by atoms with Gasteiger partial charge in [-0.15, -0.1) is 0 Å². The Morgan fingerprint density at radius 3 is 2.90 bits per heavy atom. The number of piperidine rings is 1. The predicted molar refractivity (Wildman–Crippen MR) is 77.4 cm³/mol. The van der Waals surface area contributed by atoms with E-state index < -0.39 is 16.4 Å². The lowest BCUT2D eigenvalue weighted by molar-refractivity contribution is -0.387. The number of aliphatic hydroxyl groups is 1. The Kier molecular flexibility index (Phi) is 5.25. The molecule has 116 valence electrons. The summed E-state index contributed by atoms with van der Waals surface area (Å²) in [5.41, 5.74) is 0.244. The molecule has 1 saturated heterocycles. The van der Waals surface area contributed by atoms with Crippen LogP contribution >= 0.6 is 0 Å². The number of benzene rings is 1. The molecule has 2 atom stereocenters. The molecule has 2 rings (SSSR count). The monoisotopic (exact) mass is 296 g/mol. The zero-order valence-corrected chi connectivity index (χ0v) is 12.2. The molecule has 0 saturated carbocycles. The van der Waals surface area contributed by atoms with E-state index in [1.54, 1.807) is 13.0 Å². The smallest absolute Gasteiger partial charge is 0.304 e. The third-order valence-electron chi connectivity index (χ3n) is 3.96. The van der Waals surface area contributed by atoms with E-state index in [0.29, 0.717) is 13.0 Å². The van der Waals surface area contributed by atoms with Gasteiger partial charge in [-0.3, -0.25) is 15.0 Å². The Bertz CT molecular complexity index is 508. The van der Waals surface area contributed by atoms with Gasteiger partial charge in [-0.05, 0) is 44.4 Å². The maximum absolute atomic E-state index is 13.7. The standard InChI is InChI=1S/C15H21FN2O3/c1-11(19)8-13-4-2-3-7-17(13)10-12-5-6-15(18(20)21)14(16)9-12/h5-6,9,11,13,19H,2-4,7-8,10H2,1H3. The van der Waals surface area contributed by atoms with Crippen LogP contribution in [0.4, 0.5) is 10.1 Å². The maximum Gasteiger partial charge on any atom is 0.304 e. The van der Waals surface area contributed by atoms with Gasteiger partial charge in [0, 0.05) is 18.7 Å². The molecule has 5 nitrogen and oxygen atoms in total. The van der Waals surface area contributed by atoms with Crippen molar-refractivity contribution < 1.29 is 14.4 Å². The summed E-state index contributed by atoms with van der Waals surface area (Å²) in [6, 6.07) is 4.36. The molecular weight excluding hydrogens is 275 g/mol. The molecule has 1 aromatic rings. The van der Waals surface area contributed by atoms with Gasteiger partial charge >= 0.3 is 5.69 Å². The lowest BCUT2D eigenvalue weighted by atomic mass is 9.96. The van der Waals surface area contributed by atoms with E-state index in [1.807, 2.05) is 0 Å². The SMILES string of the molecule is CC(O)CC1CCCCN1Cc1ccc([N+](=O)[O-])c(F)c1. The lowest BCUT2D eigenvalue weighted by Gasteiger charge is -2.36. The highest BCUT2D eigenvalue weighted by Crippen LogP contribution is 2.25. The highest BCUT2D eigenvalue weighted by Gasteiger charge is 2.24. The average Bonchev–Trinajstić information content (AvgIpc) is 2.40. The molecule has 0 aliphatic carbocycles. The van der Waals surface area contributed by atoms with Gasteiger partial charge in [-0.25, -0.2) is 0 Å². The van der Waals surface area contributed by atoms with Crippen molar-refractivity contribution in [2.75, 3.05) is 6.54 Å². The van der Waals surface area contributed by atoms with Crippen LogP contribution in [0.5, 0.6) is 0 Å². The summed E-state index contributed by atoms with van der Waals surface area (Å²) in [5, 5.41) is 20.2. The minimum absolute atomic E-state index is 0.289. The number of hydrogen-bond donors (Lipinski definition) is 1. The fraction of sp³-hybridized carbons (Fsp3) is 0.600. The molecule has 0 bridgehead atoms. The zero-order valence-electron chi connectivity index (χ0n) is 12.2. The highest BCUT2D eigenvalue weighted by molar-refractivity contribution is 5.35. The quantitative estimate of drug-likeness (QED) is 0.670. The Morgan fingerprint density at radius 2 is 2.29 bits per heavy atom. The van der Waals surface area contributed by atoms with Crippen LogP contribution in [-0.4, -0.2) is 33.6 Å². The van der Waals surface area contributed by atoms with Gasteiger partial charge in [0.25, 0.3) is 0 Å². The largest absolute Gasteiger partial charge is 0.393 e. The summed E-state index contributed by atoms with van der Waals surface area (Å²) in [7, 11) is 0. The van der Waals surface area contributed by atoms with Gasteiger partial charge in [0.05, 0.1) is 11.0 Å². The summed E-state index contributed by atoms with van der Waals surface area (Å²) in [4.78, 5) is 12.1. The van der Waals surface area contributed by atoms with E-state index in [9.17, 15) is 19.6 Å². The van der Waals surface area contributed by atoms with Crippen molar-refractivity contribution in [2.45, 2.75) is 51.3 Å². The molecule has 1 N–H and O–H groups in total. The van der Waals surface area contributed by atoms with Crippen molar-refractivity contribution in [2.24, 2.45) is 0 Å². The molecule has 0 radical (unpaired) electrons. The molecule has 1 aliphatic heterocycles. The third-order valence-corrected chi connectivity index (χ3v) is 3.96. The number of halogens is 1. The van der Waals surface area contributed by atoms with Crippen LogP contribution < -0.4 is 0 Å². The van der Waals surface area contributed by atoms with Gasteiger partial charge in [-0.2, -0.15) is 4.39 Å². The Hall–Kier alpha value is -1.53. The molecule has 0 amide bonds. The highest BCUT2D eigenvalue weighted by atomic mass is 19.1. The summed E-state index contributed by atoms with van der Waals surface area (Å²) in [6.07, 6.45) is 3.61. The molecular formula is C15H21FN2O3. The third kappa shape index (κ3) is 4.22. The number of likely N-dealkylation sites (tertiary alicyclic amines) is 1. The summed E-state index contributed by atoms with van der Waals surface area (Å²) in [5.74, 6) is -0.790. The Balaban J connectivity index is 2.08. The number of nitrogens with zero attached hydrogens (tertiary/aromatic N) is 2. The van der Waals surface area contributed by atoms with E-state index in [2.05, 4.69) is 4.90 Å². The van der Waals surface area contributed by atoms with Crippen LogP contribution in [0.2, 0.25) is 0 Å². The van der Waals surface area contributed by atoms with E-state index >= 15 is 0 Å². The summed E-state index contributed by atoms with van der Waals surface area (Å²) >= 11 is 0. The van der Waals surface area contributed by atoms with Crippen LogP contribution in [0.25, 0.3) is 0 Å². The molecule has 6 heteroatoms. The Labute approximate surface area is 123 Å². The summed E-state index contributed by atoms with van der Waals surface area (Å²) < 4.78 is 13.7. The number of nitro groups is 1. The average molecular weight is 296 g/mol. The molecule has 1 aliphatic rings. The van der Waals surface area contributed by atoms with E-state index in [4.69, 9.17) is 0 Å². The van der Waals surface area contributed by atoms with Crippen molar-refractivity contribution in [3.63, 3.8) is 0 Å². The molecule has 0 spiro atoms. The second-order valence-electron chi connectivity index (χ2n) is 5.75. The van der Waals surface area contributed by atoms with E-state index in [-0.39, 0.29) is 12.1 Å². The van der Waals surface area contributed by atoms with Crippen molar-refractivity contribution in [1.29, 1.82) is 0 Å². The van der Waals surface area contributed by atoms with Crippen LogP contribution in [0, 0.1) is 15.9 Å². The number of hydrogen-bond acceptors (Lipinski definition) is 4. The van der Waals surface area contributed by atoms with Crippen LogP contribution in [0.3, 0.4) is 0 Å². The second kappa shape index (κ2) is 6.95. The van der Waals surface area contributed by atoms with Gasteiger partial charge < -0.3 is 5.11 Å². The maximum atomic E-state index is 13.7. The molecule has 2 unspecified atom stereocenters. The van der Waals surface area contributed by atoms with Crippen LogP contribution in [0.1, 0.15) is 38.2 Å². The van der Waals surface area contributed by atoms with Gasteiger partial charge in [0.1, 0.15) is 0 Å². The lowest BCUT2D eigenvalue weighted by Crippen LogP contribution is -2.40. The first-order valence-electron chi connectivity index (χ1n) is 7.32. The molecule has 1 heterocycles. The van der Waals surface area contributed by atoms with Crippen LogP contribution in [-0.2, 0) is 6.54 Å². The first-order valence-corrected chi connectivity index (χ1v) is 7.32. The predicted octanol–water partition coefficient (Wildman–Crippen LogP) is 2.86. The molecule has 21 heavy (non-hydrogen) atoms. The number of nitro benzene ring substituents is 1. The number of aliphatic hydroxyl groups excluding tert-OH is 1. The molecule has 0 aromatic heterocycles. The van der Waals surface area contributed by atoms with Gasteiger partial charge in [0.15, 0.2) is 0 Å². The fourth-order valence-electron chi connectivity index (χ4n) is 2.96. The molecule has 1 fully saturated rings. The second-order valence-corrected chi connectivity index (χ2v) is 5.75. The minimum Gasteiger partial charge on any atom is -0.393 e. The van der Waals surface area contributed by atoms with Gasteiger partial charge in [0.2, 0.25) is 5.82 Å². The van der Waals surface area contributed by atoms with Crippen molar-refractivity contribution in [3.05, 3.63) is 39.7 Å². The summed E-state index contributed by atoms with van der Waals surface area (Å²) in [6.45, 7) is 3.25. The van der Waals surface area contributed by atoms with E-state index in [0.717, 1.165) is 31.4 Å². The van der Waals surface area contributed by atoms with Crippen molar-refractivity contribution >= 4 is 5.69 Å². The first kappa shape index (κ1) is 15.9. The molecule has 1 aromatic carbocycles.